The van der Waals surface area contributed by atoms with Gasteiger partial charge in [0, 0.05) is 17.9 Å². The first-order valence-electron chi connectivity index (χ1n) is 8.51. The molecule has 0 spiro atoms. The van der Waals surface area contributed by atoms with Crippen molar-refractivity contribution in [3.05, 3.63) is 35.9 Å². The largest absolute Gasteiger partial charge is 1.00 e. The van der Waals surface area contributed by atoms with Gasteiger partial charge in [-0.05, 0) is 13.8 Å². The van der Waals surface area contributed by atoms with E-state index in [1.807, 2.05) is 6.07 Å². The van der Waals surface area contributed by atoms with Crippen LogP contribution in [0.3, 0.4) is 0 Å². The number of esters is 2. The maximum absolute atomic E-state index is 12.4. The molecule has 1 atom stereocenters. The van der Waals surface area contributed by atoms with Crippen LogP contribution in [0.15, 0.2) is 30.3 Å². The van der Waals surface area contributed by atoms with Crippen molar-refractivity contribution in [2.75, 3.05) is 26.2 Å². The van der Waals surface area contributed by atoms with E-state index in [4.69, 9.17) is 9.47 Å². The topological polar surface area (TPSA) is 57.0 Å². The van der Waals surface area contributed by atoms with Crippen molar-refractivity contribution in [1.29, 1.82) is 0 Å². The summed E-state index contributed by atoms with van der Waals surface area (Å²) in [4.78, 5) is 25.2. The zero-order chi connectivity index (χ0) is 18.2. The number of ether oxygens (including phenoxy) is 2. The minimum atomic E-state index is -1.01. The van der Waals surface area contributed by atoms with Crippen LogP contribution in [0.4, 0.5) is 0 Å². The molecule has 0 saturated carbocycles. The summed E-state index contributed by atoms with van der Waals surface area (Å²) in [6.07, 6.45) is -1.01. The lowest BCUT2D eigenvalue weighted by Crippen LogP contribution is -3.12. The summed E-state index contributed by atoms with van der Waals surface area (Å²) in [5.41, 5.74) is 0.471. The van der Waals surface area contributed by atoms with Gasteiger partial charge < -0.3 is 26.8 Å². The number of quaternary nitrogens is 1. The van der Waals surface area contributed by atoms with Crippen molar-refractivity contribution in [1.82, 2.24) is 0 Å². The van der Waals surface area contributed by atoms with Crippen LogP contribution in [-0.2, 0) is 19.1 Å². The third-order valence-electron chi connectivity index (χ3n) is 3.93. The molecule has 0 heterocycles. The minimum Gasteiger partial charge on any atom is -1.00 e. The van der Waals surface area contributed by atoms with Gasteiger partial charge in [-0.1, -0.05) is 44.2 Å². The number of halogens is 1. The number of hydrogen-bond acceptors (Lipinski definition) is 4. The van der Waals surface area contributed by atoms with Crippen LogP contribution in [0.1, 0.15) is 46.3 Å². The molecule has 0 radical (unpaired) electrons. The summed E-state index contributed by atoms with van der Waals surface area (Å²) in [7, 11) is 0. The van der Waals surface area contributed by atoms with E-state index in [9.17, 15) is 9.59 Å². The molecule has 0 aliphatic heterocycles. The Morgan fingerprint density at radius 1 is 1.12 bits per heavy atom. The standard InChI is InChI=1S/C19H29NO4.ClH/c1-6-20(7-2)13-19(4,5)14-23-18(22)17(24-15(3)21)16-11-9-8-10-12-16;/h8-12,17H,6-7,13-14H2,1-5H3;1H. The molecule has 1 unspecified atom stereocenters. The van der Waals surface area contributed by atoms with Crippen LogP contribution in [0.25, 0.3) is 0 Å². The van der Waals surface area contributed by atoms with Crippen molar-refractivity contribution in [2.45, 2.75) is 40.7 Å². The molecular weight excluding hydrogens is 342 g/mol. The lowest BCUT2D eigenvalue weighted by Gasteiger charge is -2.29. The summed E-state index contributed by atoms with van der Waals surface area (Å²) >= 11 is 0. The van der Waals surface area contributed by atoms with Crippen molar-refractivity contribution < 1.29 is 36.4 Å². The van der Waals surface area contributed by atoms with Gasteiger partial charge >= 0.3 is 11.9 Å². The van der Waals surface area contributed by atoms with E-state index >= 15 is 0 Å². The molecule has 0 amide bonds. The fraction of sp³-hybridized carbons (Fsp3) is 0.579. The predicted molar refractivity (Wildman–Crippen MR) is 92.6 cm³/mol. The van der Waals surface area contributed by atoms with Crippen LogP contribution in [-0.4, -0.2) is 38.2 Å². The number of benzene rings is 1. The molecule has 1 aromatic rings. The number of carbonyl (C=O) groups excluding carboxylic acids is 2. The van der Waals surface area contributed by atoms with Crippen LogP contribution in [0, 0.1) is 5.41 Å². The van der Waals surface area contributed by atoms with Crippen molar-refractivity contribution >= 4 is 11.9 Å². The highest BCUT2D eigenvalue weighted by Crippen LogP contribution is 2.21. The molecule has 0 bridgehead atoms. The normalized spacial score (nSPS) is 12.2. The Morgan fingerprint density at radius 3 is 2.16 bits per heavy atom. The molecule has 1 aromatic carbocycles. The monoisotopic (exact) mass is 371 g/mol. The quantitative estimate of drug-likeness (QED) is 0.553. The van der Waals surface area contributed by atoms with E-state index in [2.05, 4.69) is 27.7 Å². The number of rotatable bonds is 9. The molecule has 25 heavy (non-hydrogen) atoms. The molecule has 0 aliphatic carbocycles. The lowest BCUT2D eigenvalue weighted by molar-refractivity contribution is -0.902. The first-order chi connectivity index (χ1) is 11.3. The molecule has 5 nitrogen and oxygen atoms in total. The number of nitrogens with one attached hydrogen (secondary N) is 1. The van der Waals surface area contributed by atoms with Gasteiger partial charge in [0.2, 0.25) is 6.10 Å². The SMILES string of the molecule is CC[NH+](CC)CC(C)(C)COC(=O)C(OC(C)=O)c1ccccc1.[Cl-]. The van der Waals surface area contributed by atoms with E-state index in [-0.39, 0.29) is 17.8 Å². The van der Waals surface area contributed by atoms with Crippen molar-refractivity contribution in [2.24, 2.45) is 5.41 Å². The van der Waals surface area contributed by atoms with Gasteiger partial charge in [-0.3, -0.25) is 4.79 Å². The average molecular weight is 372 g/mol. The lowest BCUT2D eigenvalue weighted by atomic mass is 9.94. The third-order valence-corrected chi connectivity index (χ3v) is 3.93. The second-order valence-electron chi connectivity index (χ2n) is 6.81. The Morgan fingerprint density at radius 2 is 1.68 bits per heavy atom. The van der Waals surface area contributed by atoms with Crippen molar-refractivity contribution in [3.8, 4) is 0 Å². The summed E-state index contributed by atoms with van der Waals surface area (Å²) in [5, 5.41) is 0. The highest BCUT2D eigenvalue weighted by Gasteiger charge is 2.30. The highest BCUT2D eigenvalue weighted by molar-refractivity contribution is 5.80. The van der Waals surface area contributed by atoms with Crippen molar-refractivity contribution in [3.63, 3.8) is 0 Å². The summed E-state index contributed by atoms with van der Waals surface area (Å²) in [6, 6.07) is 8.94. The van der Waals surface area contributed by atoms with E-state index in [1.54, 1.807) is 24.3 Å². The maximum Gasteiger partial charge on any atom is 0.352 e. The van der Waals surface area contributed by atoms with Crippen LogP contribution >= 0.6 is 0 Å². The van der Waals surface area contributed by atoms with E-state index < -0.39 is 18.0 Å². The van der Waals surface area contributed by atoms with Gasteiger partial charge in [0.15, 0.2) is 0 Å². The van der Waals surface area contributed by atoms with Gasteiger partial charge in [-0.15, -0.1) is 0 Å². The maximum atomic E-state index is 12.4. The summed E-state index contributed by atoms with van der Waals surface area (Å²) in [6.45, 7) is 13.0. The van der Waals surface area contributed by atoms with Gasteiger partial charge in [0.05, 0.1) is 19.6 Å². The molecule has 1 rings (SSSR count). The van der Waals surface area contributed by atoms with E-state index in [1.165, 1.54) is 11.8 Å². The fourth-order valence-corrected chi connectivity index (χ4v) is 2.62. The molecule has 6 heteroatoms. The van der Waals surface area contributed by atoms with Gasteiger partial charge in [-0.25, -0.2) is 4.79 Å². The molecule has 0 aromatic heterocycles. The molecule has 0 fully saturated rings. The Hall–Kier alpha value is -1.59. The van der Waals surface area contributed by atoms with Gasteiger partial charge in [-0.2, -0.15) is 0 Å². The first-order valence-corrected chi connectivity index (χ1v) is 8.51. The second kappa shape index (κ2) is 11.1. The summed E-state index contributed by atoms with van der Waals surface area (Å²) < 4.78 is 10.7. The highest BCUT2D eigenvalue weighted by atomic mass is 35.5. The van der Waals surface area contributed by atoms with Crippen LogP contribution in [0.5, 0.6) is 0 Å². The van der Waals surface area contributed by atoms with Gasteiger partial charge in [0.1, 0.15) is 6.61 Å². The Bertz CT molecular complexity index is 529. The fourth-order valence-electron chi connectivity index (χ4n) is 2.62. The Kier molecular flexibility index (Phi) is 10.4. The second-order valence-corrected chi connectivity index (χ2v) is 6.81. The van der Waals surface area contributed by atoms with Crippen LogP contribution in [0.2, 0.25) is 0 Å². The average Bonchev–Trinajstić information content (AvgIpc) is 2.56. The number of hydrogen-bond donors (Lipinski definition) is 1. The smallest absolute Gasteiger partial charge is 0.352 e. The predicted octanol–water partition coefficient (Wildman–Crippen LogP) is -1.21. The Balaban J connectivity index is 0.00000576. The molecule has 0 aliphatic rings. The van der Waals surface area contributed by atoms with Crippen LogP contribution < -0.4 is 17.3 Å². The zero-order valence-electron chi connectivity index (χ0n) is 15.8. The van der Waals surface area contributed by atoms with Gasteiger partial charge in [0.25, 0.3) is 0 Å². The minimum absolute atomic E-state index is 0. The molecule has 0 saturated heterocycles. The zero-order valence-corrected chi connectivity index (χ0v) is 16.6. The van der Waals surface area contributed by atoms with E-state index in [0.29, 0.717) is 12.2 Å². The first kappa shape index (κ1) is 23.4. The Labute approximate surface area is 157 Å². The number of carbonyl (C=O) groups is 2. The molecule has 142 valence electrons. The van der Waals surface area contributed by atoms with E-state index in [0.717, 1.165) is 19.6 Å². The molecule has 1 N–H and O–H groups in total. The molecular formula is C19H30ClNO4. The summed E-state index contributed by atoms with van der Waals surface area (Å²) in [5.74, 6) is -1.04. The third kappa shape index (κ3) is 8.36.